The maximum absolute atomic E-state index is 12.6. The SMILES string of the molecule is O=C(NC1C2CC3CC(C2)CC1C3)c1ccc(Cn2cccn2)o1. The van der Waals surface area contributed by atoms with Gasteiger partial charge < -0.3 is 9.73 Å². The van der Waals surface area contributed by atoms with Crippen molar-refractivity contribution in [2.75, 3.05) is 0 Å². The fourth-order valence-corrected chi connectivity index (χ4v) is 5.52. The van der Waals surface area contributed by atoms with Crippen LogP contribution in [-0.2, 0) is 6.54 Å². The van der Waals surface area contributed by atoms with Crippen molar-refractivity contribution in [2.24, 2.45) is 23.7 Å². The van der Waals surface area contributed by atoms with Crippen molar-refractivity contribution in [3.63, 3.8) is 0 Å². The predicted octanol–water partition coefficient (Wildman–Crippen LogP) is 3.08. The van der Waals surface area contributed by atoms with E-state index in [1.54, 1.807) is 16.9 Å². The summed E-state index contributed by atoms with van der Waals surface area (Å²) in [6.45, 7) is 0.554. The molecule has 5 heteroatoms. The van der Waals surface area contributed by atoms with Gasteiger partial charge in [-0.15, -0.1) is 0 Å². The average Bonchev–Trinajstić information content (AvgIpc) is 3.22. The molecule has 1 amide bonds. The Labute approximate surface area is 141 Å². The van der Waals surface area contributed by atoms with Gasteiger partial charge in [0.15, 0.2) is 5.76 Å². The number of amides is 1. The van der Waals surface area contributed by atoms with Crippen LogP contribution in [0.2, 0.25) is 0 Å². The summed E-state index contributed by atoms with van der Waals surface area (Å²) in [4.78, 5) is 12.6. The van der Waals surface area contributed by atoms with E-state index in [9.17, 15) is 4.79 Å². The zero-order chi connectivity index (χ0) is 16.1. The molecule has 126 valence electrons. The molecule has 0 radical (unpaired) electrons. The molecule has 0 spiro atoms. The molecule has 2 aromatic heterocycles. The number of hydrogen-bond acceptors (Lipinski definition) is 3. The molecular formula is C19H23N3O2. The van der Waals surface area contributed by atoms with Crippen LogP contribution in [0.1, 0.15) is 48.4 Å². The first kappa shape index (κ1) is 14.3. The van der Waals surface area contributed by atoms with Gasteiger partial charge in [-0.25, -0.2) is 0 Å². The normalized spacial score (nSPS) is 33.8. The number of carbonyl (C=O) groups excluding carboxylic acids is 1. The number of aromatic nitrogens is 2. The van der Waals surface area contributed by atoms with Gasteiger partial charge >= 0.3 is 0 Å². The number of hydrogen-bond donors (Lipinski definition) is 1. The van der Waals surface area contributed by atoms with Crippen molar-refractivity contribution in [3.8, 4) is 0 Å². The highest BCUT2D eigenvalue weighted by Gasteiger charge is 2.48. The van der Waals surface area contributed by atoms with Crippen molar-refractivity contribution in [1.29, 1.82) is 0 Å². The molecule has 0 aromatic carbocycles. The Kier molecular flexibility index (Phi) is 3.28. The third kappa shape index (κ3) is 2.46. The van der Waals surface area contributed by atoms with Crippen molar-refractivity contribution < 1.29 is 9.21 Å². The van der Waals surface area contributed by atoms with E-state index in [0.717, 1.165) is 17.6 Å². The summed E-state index contributed by atoms with van der Waals surface area (Å²) in [5, 5.41) is 7.46. The summed E-state index contributed by atoms with van der Waals surface area (Å²) in [6.07, 6.45) is 10.3. The van der Waals surface area contributed by atoms with Crippen molar-refractivity contribution in [3.05, 3.63) is 42.1 Å². The maximum atomic E-state index is 12.6. The van der Waals surface area contributed by atoms with E-state index in [2.05, 4.69) is 10.4 Å². The highest BCUT2D eigenvalue weighted by molar-refractivity contribution is 5.91. The van der Waals surface area contributed by atoms with Crippen LogP contribution in [0.15, 0.2) is 35.0 Å². The number of carbonyl (C=O) groups is 1. The van der Waals surface area contributed by atoms with Gasteiger partial charge in [-0.3, -0.25) is 9.48 Å². The second kappa shape index (κ2) is 5.50. The molecule has 0 atom stereocenters. The number of nitrogens with one attached hydrogen (secondary N) is 1. The van der Waals surface area contributed by atoms with Crippen LogP contribution in [0.25, 0.3) is 0 Å². The molecule has 4 aliphatic carbocycles. The Morgan fingerprint density at radius 3 is 2.58 bits per heavy atom. The number of furan rings is 1. The van der Waals surface area contributed by atoms with Crippen LogP contribution in [0, 0.1) is 23.7 Å². The quantitative estimate of drug-likeness (QED) is 0.940. The topological polar surface area (TPSA) is 60.1 Å². The number of nitrogens with zero attached hydrogens (tertiary/aromatic N) is 2. The Bertz CT molecular complexity index is 706. The zero-order valence-corrected chi connectivity index (χ0v) is 13.7. The standard InChI is InChI=1S/C19H23N3O2/c23-19(17-3-2-16(24-17)11-22-5-1-4-20-22)21-18-14-7-12-6-13(9-14)10-15(18)8-12/h1-5,12-15,18H,6-11H2,(H,21,23). The van der Waals surface area contributed by atoms with Crippen LogP contribution in [0.5, 0.6) is 0 Å². The minimum atomic E-state index is -0.0563. The lowest BCUT2D eigenvalue weighted by Gasteiger charge is -2.54. The van der Waals surface area contributed by atoms with Gasteiger partial charge in [0.2, 0.25) is 0 Å². The van der Waals surface area contributed by atoms with E-state index in [1.165, 1.54) is 32.1 Å². The highest BCUT2D eigenvalue weighted by atomic mass is 16.4. The van der Waals surface area contributed by atoms with E-state index in [1.807, 2.05) is 18.3 Å². The summed E-state index contributed by atoms with van der Waals surface area (Å²) < 4.78 is 7.53. The number of rotatable bonds is 4. The molecule has 6 rings (SSSR count). The second-order valence-corrected chi connectivity index (χ2v) is 7.90. The van der Waals surface area contributed by atoms with E-state index < -0.39 is 0 Å². The minimum absolute atomic E-state index is 0.0563. The molecule has 2 aromatic rings. The molecular weight excluding hydrogens is 302 g/mol. The molecule has 2 heterocycles. The van der Waals surface area contributed by atoms with Crippen molar-refractivity contribution in [2.45, 2.75) is 44.7 Å². The van der Waals surface area contributed by atoms with Gasteiger partial charge in [-0.1, -0.05) is 0 Å². The van der Waals surface area contributed by atoms with E-state index >= 15 is 0 Å². The van der Waals surface area contributed by atoms with Crippen LogP contribution >= 0.6 is 0 Å². The molecule has 0 unspecified atom stereocenters. The van der Waals surface area contributed by atoms with Gasteiger partial charge in [-0.05, 0) is 74.0 Å². The third-order valence-corrected chi connectivity index (χ3v) is 6.29. The lowest BCUT2D eigenvalue weighted by molar-refractivity contribution is -0.0123. The lowest BCUT2D eigenvalue weighted by Crippen LogP contribution is -2.55. The third-order valence-electron chi connectivity index (χ3n) is 6.29. The first-order chi connectivity index (χ1) is 11.7. The maximum Gasteiger partial charge on any atom is 0.287 e. The summed E-state index contributed by atoms with van der Waals surface area (Å²) in [5.74, 6) is 4.33. The summed E-state index contributed by atoms with van der Waals surface area (Å²) in [6, 6.07) is 5.88. The smallest absolute Gasteiger partial charge is 0.287 e. The predicted molar refractivity (Wildman–Crippen MR) is 88.3 cm³/mol. The molecule has 4 fully saturated rings. The Balaban J connectivity index is 1.26. The van der Waals surface area contributed by atoms with Gasteiger partial charge in [0, 0.05) is 18.4 Å². The largest absolute Gasteiger partial charge is 0.454 e. The summed E-state index contributed by atoms with van der Waals surface area (Å²) in [5.41, 5.74) is 0. The van der Waals surface area contributed by atoms with Gasteiger partial charge in [-0.2, -0.15) is 5.10 Å². The zero-order valence-electron chi connectivity index (χ0n) is 13.7. The van der Waals surface area contributed by atoms with E-state index in [0.29, 0.717) is 30.2 Å². The Hall–Kier alpha value is -2.04. The van der Waals surface area contributed by atoms with Gasteiger partial charge in [0.25, 0.3) is 5.91 Å². The fraction of sp³-hybridized carbons (Fsp3) is 0.579. The molecule has 1 N–H and O–H groups in total. The van der Waals surface area contributed by atoms with E-state index in [-0.39, 0.29) is 5.91 Å². The van der Waals surface area contributed by atoms with Gasteiger partial charge in [0.05, 0.1) is 6.54 Å². The average molecular weight is 325 g/mol. The second-order valence-electron chi connectivity index (χ2n) is 7.90. The van der Waals surface area contributed by atoms with Crippen LogP contribution in [0.3, 0.4) is 0 Å². The first-order valence-corrected chi connectivity index (χ1v) is 9.11. The molecule has 0 saturated heterocycles. The summed E-state index contributed by atoms with van der Waals surface area (Å²) in [7, 11) is 0. The molecule has 4 bridgehead atoms. The molecule has 4 aliphatic rings. The fourth-order valence-electron chi connectivity index (χ4n) is 5.52. The van der Waals surface area contributed by atoms with Crippen molar-refractivity contribution in [1.82, 2.24) is 15.1 Å². The molecule has 24 heavy (non-hydrogen) atoms. The Morgan fingerprint density at radius 1 is 1.17 bits per heavy atom. The Morgan fingerprint density at radius 2 is 1.92 bits per heavy atom. The molecule has 4 saturated carbocycles. The monoisotopic (exact) mass is 325 g/mol. The summed E-state index contributed by atoms with van der Waals surface area (Å²) >= 11 is 0. The lowest BCUT2D eigenvalue weighted by atomic mass is 9.54. The van der Waals surface area contributed by atoms with Crippen LogP contribution < -0.4 is 5.32 Å². The van der Waals surface area contributed by atoms with Crippen molar-refractivity contribution >= 4 is 5.91 Å². The van der Waals surface area contributed by atoms with Gasteiger partial charge in [0.1, 0.15) is 5.76 Å². The first-order valence-electron chi connectivity index (χ1n) is 9.11. The van der Waals surface area contributed by atoms with E-state index in [4.69, 9.17) is 4.42 Å². The van der Waals surface area contributed by atoms with Crippen LogP contribution in [0.4, 0.5) is 0 Å². The highest BCUT2D eigenvalue weighted by Crippen LogP contribution is 2.53. The van der Waals surface area contributed by atoms with Crippen LogP contribution in [-0.4, -0.2) is 21.7 Å². The minimum Gasteiger partial charge on any atom is -0.454 e. The molecule has 5 nitrogen and oxygen atoms in total. The molecule has 0 aliphatic heterocycles.